The fourth-order valence-corrected chi connectivity index (χ4v) is 5.60. The van der Waals surface area contributed by atoms with Crippen LogP contribution in [-0.4, -0.2) is 56.5 Å². The number of hydrogen-bond donors (Lipinski definition) is 1. The van der Waals surface area contributed by atoms with Crippen LogP contribution in [0.2, 0.25) is 0 Å². The van der Waals surface area contributed by atoms with E-state index in [2.05, 4.69) is 0 Å². The van der Waals surface area contributed by atoms with Crippen LogP contribution in [0.15, 0.2) is 42.5 Å². The summed E-state index contributed by atoms with van der Waals surface area (Å²) in [6, 6.07) is 11.3. The summed E-state index contributed by atoms with van der Waals surface area (Å²) in [6.07, 6.45) is 7.71. The van der Waals surface area contributed by atoms with Crippen molar-refractivity contribution in [2.75, 3.05) is 35.0 Å². The van der Waals surface area contributed by atoms with Crippen LogP contribution in [0.25, 0.3) is 6.08 Å². The van der Waals surface area contributed by atoms with Gasteiger partial charge in [0, 0.05) is 18.5 Å². The average molecular weight is 482 g/mol. The standard InChI is InChI=1S/C28H35NO6/c1-32-21-11-9-20(10-12-21)26-22-7-5-6-14-28(22,31)15-16-29(26)25(30)13-8-19-17-23(33-2)27(35-4)24(18-19)34-3/h8-13,17-18,22,26,31H,5-7,14-16H2,1-4H3/b13-8+/t22-,26-,28+/m1/s1. The van der Waals surface area contributed by atoms with Crippen LogP contribution in [-0.2, 0) is 4.79 Å². The number of amides is 1. The molecule has 35 heavy (non-hydrogen) atoms. The molecule has 1 aliphatic carbocycles. The average Bonchev–Trinajstić information content (AvgIpc) is 2.90. The van der Waals surface area contributed by atoms with E-state index in [0.29, 0.717) is 30.2 Å². The molecule has 2 aromatic carbocycles. The number of carbonyl (C=O) groups is 1. The van der Waals surface area contributed by atoms with Crippen molar-refractivity contribution in [2.45, 2.75) is 43.7 Å². The number of likely N-dealkylation sites (tertiary alicyclic amines) is 1. The van der Waals surface area contributed by atoms with E-state index in [1.165, 1.54) is 0 Å². The summed E-state index contributed by atoms with van der Waals surface area (Å²) in [5.41, 5.74) is 1.05. The van der Waals surface area contributed by atoms with Gasteiger partial charge >= 0.3 is 0 Å². The lowest BCUT2D eigenvalue weighted by Gasteiger charge is -2.52. The van der Waals surface area contributed by atoms with Crippen molar-refractivity contribution in [2.24, 2.45) is 5.92 Å². The third-order valence-electron chi connectivity index (χ3n) is 7.41. The predicted molar refractivity (Wildman–Crippen MR) is 134 cm³/mol. The lowest BCUT2D eigenvalue weighted by molar-refractivity contribution is -0.150. The number of fused-ring (bicyclic) bond motifs is 1. The van der Waals surface area contributed by atoms with Gasteiger partial charge in [0.2, 0.25) is 11.7 Å². The van der Waals surface area contributed by atoms with Crippen molar-refractivity contribution >= 4 is 12.0 Å². The number of aliphatic hydroxyl groups is 1. The van der Waals surface area contributed by atoms with Crippen molar-refractivity contribution in [3.8, 4) is 23.0 Å². The Morgan fingerprint density at radius 3 is 2.26 bits per heavy atom. The number of methoxy groups -OCH3 is 4. The van der Waals surface area contributed by atoms with Gasteiger partial charge in [0.1, 0.15) is 5.75 Å². The van der Waals surface area contributed by atoms with E-state index >= 15 is 0 Å². The Morgan fingerprint density at radius 1 is 0.971 bits per heavy atom. The maximum atomic E-state index is 13.5. The second-order valence-electron chi connectivity index (χ2n) is 9.25. The van der Waals surface area contributed by atoms with Gasteiger partial charge in [-0.3, -0.25) is 4.79 Å². The van der Waals surface area contributed by atoms with Gasteiger partial charge in [-0.05, 0) is 60.7 Å². The first kappa shape index (κ1) is 24.9. The molecule has 0 unspecified atom stereocenters. The molecule has 1 saturated heterocycles. The van der Waals surface area contributed by atoms with Crippen molar-refractivity contribution < 1.29 is 28.8 Å². The monoisotopic (exact) mass is 481 g/mol. The normalized spacial score (nSPS) is 24.1. The number of rotatable bonds is 7. The van der Waals surface area contributed by atoms with E-state index in [1.807, 2.05) is 41.3 Å². The summed E-state index contributed by atoms with van der Waals surface area (Å²) in [6.45, 7) is 0.502. The molecule has 0 aromatic heterocycles. The van der Waals surface area contributed by atoms with Gasteiger partial charge in [0.25, 0.3) is 0 Å². The van der Waals surface area contributed by atoms with Crippen LogP contribution in [0.5, 0.6) is 23.0 Å². The van der Waals surface area contributed by atoms with Gasteiger partial charge < -0.3 is 29.0 Å². The minimum Gasteiger partial charge on any atom is -0.497 e. The molecular weight excluding hydrogens is 446 g/mol. The van der Waals surface area contributed by atoms with Crippen LogP contribution in [0.4, 0.5) is 0 Å². The maximum absolute atomic E-state index is 13.5. The summed E-state index contributed by atoms with van der Waals surface area (Å²) in [5, 5.41) is 11.5. The molecule has 188 valence electrons. The van der Waals surface area contributed by atoms with Gasteiger partial charge in [-0.2, -0.15) is 0 Å². The Morgan fingerprint density at radius 2 is 1.66 bits per heavy atom. The minimum atomic E-state index is -0.736. The van der Waals surface area contributed by atoms with Crippen LogP contribution in [0, 0.1) is 5.92 Å². The molecule has 1 saturated carbocycles. The SMILES string of the molecule is COc1ccc([C@@H]2[C@H]3CCCC[C@]3(O)CCN2C(=O)/C=C/c2cc(OC)c(OC)c(OC)c2)cc1. The molecule has 4 rings (SSSR count). The fraction of sp³-hybridized carbons (Fsp3) is 0.464. The molecular formula is C28H35NO6. The first-order valence-electron chi connectivity index (χ1n) is 12.1. The highest BCUT2D eigenvalue weighted by atomic mass is 16.5. The highest BCUT2D eigenvalue weighted by Crippen LogP contribution is 2.49. The third kappa shape index (κ3) is 4.96. The number of piperidine rings is 1. The number of benzene rings is 2. The fourth-order valence-electron chi connectivity index (χ4n) is 5.60. The molecule has 2 aliphatic rings. The predicted octanol–water partition coefficient (Wildman–Crippen LogP) is 4.63. The summed E-state index contributed by atoms with van der Waals surface area (Å²) in [5.74, 6) is 2.24. The number of carbonyl (C=O) groups excluding carboxylic acids is 1. The molecule has 0 spiro atoms. The zero-order valence-corrected chi connectivity index (χ0v) is 21.0. The summed E-state index contributed by atoms with van der Waals surface area (Å²) in [4.78, 5) is 15.4. The summed E-state index contributed by atoms with van der Waals surface area (Å²) >= 11 is 0. The van der Waals surface area contributed by atoms with Crippen molar-refractivity contribution in [1.29, 1.82) is 0 Å². The molecule has 3 atom stereocenters. The second kappa shape index (κ2) is 10.6. The highest BCUT2D eigenvalue weighted by molar-refractivity contribution is 5.92. The van der Waals surface area contributed by atoms with E-state index in [9.17, 15) is 9.90 Å². The Hall–Kier alpha value is -3.19. The summed E-state index contributed by atoms with van der Waals surface area (Å²) in [7, 11) is 6.32. The number of ether oxygens (including phenoxy) is 4. The maximum Gasteiger partial charge on any atom is 0.247 e. The Labute approximate surface area is 207 Å². The quantitative estimate of drug-likeness (QED) is 0.581. The minimum absolute atomic E-state index is 0.00285. The zero-order valence-electron chi connectivity index (χ0n) is 21.0. The molecule has 1 heterocycles. The van der Waals surface area contributed by atoms with E-state index in [-0.39, 0.29) is 17.9 Å². The number of nitrogens with zero attached hydrogens (tertiary/aromatic N) is 1. The molecule has 0 radical (unpaired) electrons. The van der Waals surface area contributed by atoms with E-state index in [1.54, 1.807) is 40.6 Å². The molecule has 1 amide bonds. The van der Waals surface area contributed by atoms with Crippen molar-refractivity contribution in [1.82, 2.24) is 4.90 Å². The first-order valence-corrected chi connectivity index (χ1v) is 12.1. The van der Waals surface area contributed by atoms with Gasteiger partial charge in [-0.25, -0.2) is 0 Å². The lowest BCUT2D eigenvalue weighted by Crippen LogP contribution is -2.56. The topological polar surface area (TPSA) is 77.5 Å². The zero-order chi connectivity index (χ0) is 25.0. The van der Waals surface area contributed by atoms with Gasteiger partial charge in [-0.1, -0.05) is 25.0 Å². The van der Waals surface area contributed by atoms with Gasteiger partial charge in [0.15, 0.2) is 11.5 Å². The van der Waals surface area contributed by atoms with Gasteiger partial charge in [0.05, 0.1) is 40.1 Å². The lowest BCUT2D eigenvalue weighted by atomic mass is 9.66. The van der Waals surface area contributed by atoms with E-state index in [4.69, 9.17) is 18.9 Å². The molecule has 2 aromatic rings. The molecule has 1 aliphatic heterocycles. The highest BCUT2D eigenvalue weighted by Gasteiger charge is 2.49. The van der Waals surface area contributed by atoms with Crippen LogP contribution in [0.3, 0.4) is 0 Å². The van der Waals surface area contributed by atoms with Crippen LogP contribution in [0.1, 0.15) is 49.3 Å². The first-order chi connectivity index (χ1) is 16.9. The molecule has 0 bridgehead atoms. The van der Waals surface area contributed by atoms with Crippen molar-refractivity contribution in [3.63, 3.8) is 0 Å². The largest absolute Gasteiger partial charge is 0.497 e. The molecule has 1 N–H and O–H groups in total. The van der Waals surface area contributed by atoms with E-state index < -0.39 is 5.60 Å². The molecule has 7 nitrogen and oxygen atoms in total. The smallest absolute Gasteiger partial charge is 0.247 e. The van der Waals surface area contributed by atoms with Gasteiger partial charge in [-0.15, -0.1) is 0 Å². The molecule has 7 heteroatoms. The molecule has 2 fully saturated rings. The van der Waals surface area contributed by atoms with Crippen molar-refractivity contribution in [3.05, 3.63) is 53.6 Å². The Bertz CT molecular complexity index is 1040. The Balaban J connectivity index is 1.65. The summed E-state index contributed by atoms with van der Waals surface area (Å²) < 4.78 is 21.6. The van der Waals surface area contributed by atoms with Crippen LogP contribution < -0.4 is 18.9 Å². The number of hydrogen-bond acceptors (Lipinski definition) is 6. The van der Waals surface area contributed by atoms with E-state index in [0.717, 1.165) is 42.6 Å². The Kier molecular flexibility index (Phi) is 7.55. The van der Waals surface area contributed by atoms with Crippen LogP contribution >= 0.6 is 0 Å². The third-order valence-corrected chi connectivity index (χ3v) is 7.41. The second-order valence-corrected chi connectivity index (χ2v) is 9.25.